The molecule has 0 bridgehead atoms. The summed E-state index contributed by atoms with van der Waals surface area (Å²) in [5.41, 5.74) is 5.98. The van der Waals surface area contributed by atoms with Crippen LogP contribution in [0.4, 0.5) is 13.2 Å². The van der Waals surface area contributed by atoms with Crippen LogP contribution in [0.2, 0.25) is 0 Å². The van der Waals surface area contributed by atoms with Crippen LogP contribution >= 0.6 is 0 Å². The van der Waals surface area contributed by atoms with Crippen molar-refractivity contribution in [1.82, 2.24) is 0 Å². The van der Waals surface area contributed by atoms with Crippen LogP contribution in [0.25, 0.3) is 0 Å². The predicted octanol–water partition coefficient (Wildman–Crippen LogP) is 1.91. The van der Waals surface area contributed by atoms with Crippen molar-refractivity contribution in [3.63, 3.8) is 0 Å². The summed E-state index contributed by atoms with van der Waals surface area (Å²) in [6.07, 6.45) is -4.62. The summed E-state index contributed by atoms with van der Waals surface area (Å²) in [6, 6.07) is 6.63. The maximum atomic E-state index is 11.6. The molecule has 0 radical (unpaired) electrons. The van der Waals surface area contributed by atoms with Crippen LogP contribution in [0.15, 0.2) is 24.3 Å². The largest absolute Gasteiger partial charge is 0.522 e. The molecule has 0 fully saturated rings. The quantitative estimate of drug-likeness (QED) is 0.663. The molecule has 2 N–H and O–H groups in total. The van der Waals surface area contributed by atoms with E-state index in [1.54, 1.807) is 24.3 Å². The van der Waals surface area contributed by atoms with Crippen LogP contribution in [-0.4, -0.2) is 26.1 Å². The third-order valence-corrected chi connectivity index (χ3v) is 1.81. The van der Waals surface area contributed by atoms with E-state index in [0.29, 0.717) is 5.75 Å². The smallest absolute Gasteiger partial charge is 0.491 e. The van der Waals surface area contributed by atoms with Crippen molar-refractivity contribution in [1.29, 1.82) is 0 Å². The molecule has 1 rings (SSSR count). The van der Waals surface area contributed by atoms with Crippen molar-refractivity contribution in [3.05, 3.63) is 29.8 Å². The van der Waals surface area contributed by atoms with E-state index >= 15 is 0 Å². The molecule has 3 nitrogen and oxygen atoms in total. The van der Waals surface area contributed by atoms with Gasteiger partial charge in [0.15, 0.2) is 0 Å². The average Bonchev–Trinajstić information content (AvgIpc) is 2.32. The normalized spacial score (nSPS) is 10.7. The highest BCUT2D eigenvalue weighted by Gasteiger charge is 2.28. The summed E-state index contributed by atoms with van der Waals surface area (Å²) < 4.78 is 43.6. The first-order chi connectivity index (χ1) is 8.51. The second kappa shape index (κ2) is 6.89. The van der Waals surface area contributed by atoms with Crippen molar-refractivity contribution in [2.75, 3.05) is 19.8 Å². The van der Waals surface area contributed by atoms with Gasteiger partial charge in [-0.2, -0.15) is 0 Å². The fraction of sp³-hybridized carbons (Fsp3) is 0.333. The number of rotatable bonds is 4. The third-order valence-electron chi connectivity index (χ3n) is 1.81. The van der Waals surface area contributed by atoms with Crippen LogP contribution in [0, 0.1) is 11.8 Å². The molecule has 0 aliphatic heterocycles. The van der Waals surface area contributed by atoms with Crippen molar-refractivity contribution >= 4 is 0 Å². The Balaban J connectivity index is 2.35. The van der Waals surface area contributed by atoms with E-state index in [-0.39, 0.29) is 13.2 Å². The Bertz CT molecular complexity index is 418. The lowest BCUT2D eigenvalue weighted by Crippen LogP contribution is -2.18. The second-order valence-electron chi connectivity index (χ2n) is 3.17. The van der Waals surface area contributed by atoms with E-state index in [9.17, 15) is 13.2 Å². The highest BCUT2D eigenvalue weighted by molar-refractivity contribution is 5.38. The first-order valence-electron chi connectivity index (χ1n) is 5.14. The fourth-order valence-electron chi connectivity index (χ4n) is 1.10. The lowest BCUT2D eigenvalue weighted by Gasteiger charge is -2.08. The van der Waals surface area contributed by atoms with Crippen molar-refractivity contribution in [2.45, 2.75) is 6.36 Å². The maximum Gasteiger partial charge on any atom is 0.522 e. The van der Waals surface area contributed by atoms with Crippen LogP contribution in [0.5, 0.6) is 5.75 Å². The Morgan fingerprint density at radius 2 is 1.78 bits per heavy atom. The average molecular weight is 259 g/mol. The Morgan fingerprint density at radius 3 is 2.33 bits per heavy atom. The van der Waals surface area contributed by atoms with Gasteiger partial charge in [0.25, 0.3) is 0 Å². The molecule has 0 saturated carbocycles. The summed E-state index contributed by atoms with van der Waals surface area (Å²) in [5, 5.41) is 0. The number of ether oxygens (including phenoxy) is 2. The van der Waals surface area contributed by atoms with E-state index < -0.39 is 13.0 Å². The molecule has 0 aliphatic carbocycles. The lowest BCUT2D eigenvalue weighted by molar-refractivity contribution is -0.325. The summed E-state index contributed by atoms with van der Waals surface area (Å²) in [7, 11) is 0. The highest BCUT2D eigenvalue weighted by atomic mass is 19.4. The van der Waals surface area contributed by atoms with Gasteiger partial charge in [0.2, 0.25) is 0 Å². The van der Waals surface area contributed by atoms with Gasteiger partial charge in [-0.05, 0) is 24.3 Å². The van der Waals surface area contributed by atoms with E-state index in [1.807, 2.05) is 0 Å². The molecule has 0 spiro atoms. The molecule has 0 heterocycles. The van der Waals surface area contributed by atoms with Gasteiger partial charge in [0.1, 0.15) is 12.4 Å². The standard InChI is InChI=1S/C12H12F3NO2/c13-12(14,15)18-9-8-17-11-5-3-10(4-6-11)2-1-7-16/h3-6H,7-9,16H2. The minimum atomic E-state index is -4.62. The van der Waals surface area contributed by atoms with Gasteiger partial charge in [-0.3, -0.25) is 4.74 Å². The zero-order valence-corrected chi connectivity index (χ0v) is 9.46. The molecule has 0 aliphatic rings. The molecular formula is C12H12F3NO2. The van der Waals surface area contributed by atoms with Crippen molar-refractivity contribution < 1.29 is 22.6 Å². The van der Waals surface area contributed by atoms with Crippen LogP contribution in [0.3, 0.4) is 0 Å². The summed E-state index contributed by atoms with van der Waals surface area (Å²) in [5.74, 6) is 5.96. The molecule has 0 saturated heterocycles. The molecule has 1 aromatic carbocycles. The SMILES string of the molecule is NCC#Cc1ccc(OCCOC(F)(F)F)cc1. The molecule has 0 unspecified atom stereocenters. The number of hydrogen-bond donors (Lipinski definition) is 1. The molecule has 98 valence electrons. The molecular weight excluding hydrogens is 247 g/mol. The van der Waals surface area contributed by atoms with E-state index in [0.717, 1.165) is 5.56 Å². The van der Waals surface area contributed by atoms with Gasteiger partial charge in [-0.25, -0.2) is 0 Å². The zero-order valence-electron chi connectivity index (χ0n) is 9.46. The zero-order chi connectivity index (χ0) is 13.4. The first-order valence-corrected chi connectivity index (χ1v) is 5.14. The Hall–Kier alpha value is -1.71. The van der Waals surface area contributed by atoms with Gasteiger partial charge in [0, 0.05) is 5.56 Å². The van der Waals surface area contributed by atoms with Crippen LogP contribution in [0.1, 0.15) is 5.56 Å². The molecule has 0 amide bonds. The highest BCUT2D eigenvalue weighted by Crippen LogP contribution is 2.16. The number of alkyl halides is 3. The summed E-state index contributed by atoms with van der Waals surface area (Å²) in [4.78, 5) is 0. The van der Waals surface area contributed by atoms with Crippen LogP contribution in [-0.2, 0) is 4.74 Å². The number of nitrogens with two attached hydrogens (primary N) is 1. The lowest BCUT2D eigenvalue weighted by atomic mass is 10.2. The number of benzene rings is 1. The molecule has 0 aromatic heterocycles. The predicted molar refractivity (Wildman–Crippen MR) is 59.9 cm³/mol. The molecule has 1 aromatic rings. The van der Waals surface area contributed by atoms with Crippen molar-refractivity contribution in [3.8, 4) is 17.6 Å². The third kappa shape index (κ3) is 6.13. The van der Waals surface area contributed by atoms with Gasteiger partial charge >= 0.3 is 6.36 Å². The van der Waals surface area contributed by atoms with Gasteiger partial charge in [-0.15, -0.1) is 13.2 Å². The number of halogens is 3. The molecule has 0 atom stereocenters. The van der Waals surface area contributed by atoms with Gasteiger partial charge in [0.05, 0.1) is 13.2 Å². The van der Waals surface area contributed by atoms with Crippen LogP contribution < -0.4 is 10.5 Å². The Morgan fingerprint density at radius 1 is 1.11 bits per heavy atom. The van der Waals surface area contributed by atoms with E-state index in [2.05, 4.69) is 16.6 Å². The van der Waals surface area contributed by atoms with Crippen molar-refractivity contribution in [2.24, 2.45) is 5.73 Å². The molecule has 18 heavy (non-hydrogen) atoms. The summed E-state index contributed by atoms with van der Waals surface area (Å²) in [6.45, 7) is -0.446. The Kier molecular flexibility index (Phi) is 5.49. The summed E-state index contributed by atoms with van der Waals surface area (Å²) >= 11 is 0. The van der Waals surface area contributed by atoms with Gasteiger partial charge in [-0.1, -0.05) is 11.8 Å². The molecule has 6 heteroatoms. The fourth-order valence-corrected chi connectivity index (χ4v) is 1.10. The monoisotopic (exact) mass is 259 g/mol. The van der Waals surface area contributed by atoms with Gasteiger partial charge < -0.3 is 10.5 Å². The first kappa shape index (κ1) is 14.4. The minimum absolute atomic E-state index is 0.173. The van der Waals surface area contributed by atoms with E-state index in [4.69, 9.17) is 10.5 Å². The second-order valence-corrected chi connectivity index (χ2v) is 3.17. The topological polar surface area (TPSA) is 44.5 Å². The Labute approximate surface area is 103 Å². The number of hydrogen-bond acceptors (Lipinski definition) is 3. The van der Waals surface area contributed by atoms with E-state index in [1.165, 1.54) is 0 Å². The minimum Gasteiger partial charge on any atom is -0.491 e. The maximum absolute atomic E-state index is 11.6.